The average molecular weight is 276 g/mol. The Bertz CT molecular complexity index is 534. The molecule has 0 saturated heterocycles. The summed E-state index contributed by atoms with van der Waals surface area (Å²) in [6.45, 7) is 4.87. The fourth-order valence-electron chi connectivity index (χ4n) is 2.45. The highest BCUT2D eigenvalue weighted by atomic mass is 16.5. The maximum Gasteiger partial charge on any atom is 0.0701 e. The van der Waals surface area contributed by atoms with E-state index >= 15 is 0 Å². The van der Waals surface area contributed by atoms with Gasteiger partial charge >= 0.3 is 0 Å². The predicted molar refractivity (Wildman–Crippen MR) is 82.0 cm³/mol. The molecule has 20 heavy (non-hydrogen) atoms. The first-order chi connectivity index (χ1) is 9.72. The molecule has 4 nitrogen and oxygen atoms in total. The van der Waals surface area contributed by atoms with Crippen molar-refractivity contribution in [2.75, 3.05) is 26.9 Å². The van der Waals surface area contributed by atoms with Crippen molar-refractivity contribution in [3.63, 3.8) is 0 Å². The van der Waals surface area contributed by atoms with Crippen LogP contribution >= 0.6 is 0 Å². The molecule has 1 aromatic carbocycles. The molecule has 0 radical (unpaired) electrons. The molecular formula is C16H24N2O2. The number of methoxy groups -OCH3 is 1. The zero-order chi connectivity index (χ0) is 14.4. The molecule has 2 N–H and O–H groups in total. The van der Waals surface area contributed by atoms with Crippen molar-refractivity contribution in [3.05, 3.63) is 36.0 Å². The smallest absolute Gasteiger partial charge is 0.0701 e. The predicted octanol–water partition coefficient (Wildman–Crippen LogP) is 2.19. The van der Waals surface area contributed by atoms with Crippen molar-refractivity contribution in [2.45, 2.75) is 25.9 Å². The van der Waals surface area contributed by atoms with Crippen molar-refractivity contribution < 1.29 is 9.47 Å². The lowest BCUT2D eigenvalue weighted by molar-refractivity contribution is 0.0670. The number of para-hydroxylation sites is 1. The Hall–Kier alpha value is -1.36. The minimum absolute atomic E-state index is 0.168. The molecule has 0 amide bonds. The highest BCUT2D eigenvalue weighted by Crippen LogP contribution is 2.21. The Balaban J connectivity index is 2.08. The highest BCUT2D eigenvalue weighted by molar-refractivity contribution is 5.83. The third kappa shape index (κ3) is 3.82. The SMILES string of the molecule is COCCOCCn1ccc2cccc(CC(C)N)c21. The first kappa shape index (κ1) is 15.0. The van der Waals surface area contributed by atoms with Gasteiger partial charge in [0, 0.05) is 25.9 Å². The van der Waals surface area contributed by atoms with Gasteiger partial charge in [0.1, 0.15) is 0 Å². The van der Waals surface area contributed by atoms with Gasteiger partial charge in [0.25, 0.3) is 0 Å². The van der Waals surface area contributed by atoms with Crippen LogP contribution in [0.25, 0.3) is 10.9 Å². The summed E-state index contributed by atoms with van der Waals surface area (Å²) in [5, 5.41) is 1.26. The van der Waals surface area contributed by atoms with Crippen LogP contribution in [0.15, 0.2) is 30.5 Å². The van der Waals surface area contributed by atoms with Gasteiger partial charge in [-0.3, -0.25) is 0 Å². The van der Waals surface area contributed by atoms with Crippen LogP contribution in [0.1, 0.15) is 12.5 Å². The molecule has 4 heteroatoms. The molecule has 0 aliphatic heterocycles. The molecule has 2 rings (SSSR count). The average Bonchev–Trinajstić information content (AvgIpc) is 2.82. The second-order valence-corrected chi connectivity index (χ2v) is 5.15. The van der Waals surface area contributed by atoms with E-state index in [1.165, 1.54) is 16.5 Å². The summed E-state index contributed by atoms with van der Waals surface area (Å²) >= 11 is 0. The topological polar surface area (TPSA) is 49.4 Å². The van der Waals surface area contributed by atoms with Crippen LogP contribution in [0.4, 0.5) is 0 Å². The number of aromatic nitrogens is 1. The van der Waals surface area contributed by atoms with Crippen molar-refractivity contribution in [2.24, 2.45) is 5.73 Å². The summed E-state index contributed by atoms with van der Waals surface area (Å²) in [5.41, 5.74) is 8.52. The number of nitrogens with zero attached hydrogens (tertiary/aromatic N) is 1. The number of nitrogens with two attached hydrogens (primary N) is 1. The minimum Gasteiger partial charge on any atom is -0.382 e. The molecular weight excluding hydrogens is 252 g/mol. The molecule has 1 unspecified atom stereocenters. The Morgan fingerprint density at radius 1 is 1.20 bits per heavy atom. The molecule has 1 aromatic heterocycles. The summed E-state index contributed by atoms with van der Waals surface area (Å²) < 4.78 is 12.8. The molecule has 0 bridgehead atoms. The maximum atomic E-state index is 5.94. The van der Waals surface area contributed by atoms with Gasteiger partial charge in [-0.1, -0.05) is 18.2 Å². The summed E-state index contributed by atoms with van der Waals surface area (Å²) in [5.74, 6) is 0. The van der Waals surface area contributed by atoms with Crippen LogP contribution in [0.3, 0.4) is 0 Å². The van der Waals surface area contributed by atoms with E-state index < -0.39 is 0 Å². The van der Waals surface area contributed by atoms with E-state index in [4.69, 9.17) is 15.2 Å². The van der Waals surface area contributed by atoms with E-state index in [-0.39, 0.29) is 6.04 Å². The van der Waals surface area contributed by atoms with Gasteiger partial charge in [-0.2, -0.15) is 0 Å². The van der Waals surface area contributed by atoms with Crippen molar-refractivity contribution in [3.8, 4) is 0 Å². The number of rotatable bonds is 8. The Kier molecular flexibility index (Phi) is 5.59. The summed E-state index contributed by atoms with van der Waals surface area (Å²) in [6, 6.07) is 8.71. The number of hydrogen-bond acceptors (Lipinski definition) is 3. The Morgan fingerprint density at radius 2 is 2.05 bits per heavy atom. The van der Waals surface area contributed by atoms with Gasteiger partial charge in [0.15, 0.2) is 0 Å². The van der Waals surface area contributed by atoms with Gasteiger partial charge in [-0.25, -0.2) is 0 Å². The van der Waals surface area contributed by atoms with E-state index in [1.54, 1.807) is 7.11 Å². The van der Waals surface area contributed by atoms with Crippen molar-refractivity contribution >= 4 is 10.9 Å². The lowest BCUT2D eigenvalue weighted by Gasteiger charge is -2.12. The van der Waals surface area contributed by atoms with E-state index in [0.717, 1.165) is 13.0 Å². The van der Waals surface area contributed by atoms with Gasteiger partial charge < -0.3 is 19.8 Å². The van der Waals surface area contributed by atoms with Crippen LogP contribution in [0.2, 0.25) is 0 Å². The second kappa shape index (κ2) is 7.43. The third-order valence-corrected chi connectivity index (χ3v) is 3.32. The highest BCUT2D eigenvalue weighted by Gasteiger charge is 2.08. The minimum atomic E-state index is 0.168. The fourth-order valence-corrected chi connectivity index (χ4v) is 2.45. The zero-order valence-electron chi connectivity index (χ0n) is 12.3. The number of ether oxygens (including phenoxy) is 2. The molecule has 0 saturated carbocycles. The van der Waals surface area contributed by atoms with Crippen LogP contribution in [-0.4, -0.2) is 37.5 Å². The first-order valence-electron chi connectivity index (χ1n) is 7.11. The monoisotopic (exact) mass is 276 g/mol. The summed E-state index contributed by atoms with van der Waals surface area (Å²) in [6.07, 6.45) is 3.01. The Morgan fingerprint density at radius 3 is 2.80 bits per heavy atom. The number of benzene rings is 1. The first-order valence-corrected chi connectivity index (χ1v) is 7.11. The van der Waals surface area contributed by atoms with Gasteiger partial charge in [0.05, 0.1) is 25.3 Å². The molecule has 2 aromatic rings. The van der Waals surface area contributed by atoms with Crippen molar-refractivity contribution in [1.29, 1.82) is 0 Å². The van der Waals surface area contributed by atoms with Gasteiger partial charge in [0.2, 0.25) is 0 Å². The molecule has 0 fully saturated rings. The standard InChI is InChI=1S/C16H24N2O2/c1-13(17)12-15-5-3-4-14-6-7-18(16(14)15)8-9-20-11-10-19-2/h3-7,13H,8-12,17H2,1-2H3. The second-order valence-electron chi connectivity index (χ2n) is 5.15. The van der Waals surface area contributed by atoms with Gasteiger partial charge in [-0.15, -0.1) is 0 Å². The quantitative estimate of drug-likeness (QED) is 0.752. The zero-order valence-corrected chi connectivity index (χ0v) is 12.3. The fraction of sp³-hybridized carbons (Fsp3) is 0.500. The third-order valence-electron chi connectivity index (χ3n) is 3.32. The van der Waals surface area contributed by atoms with E-state index in [1.807, 2.05) is 6.92 Å². The summed E-state index contributed by atoms with van der Waals surface area (Å²) in [7, 11) is 1.68. The number of fused-ring (bicyclic) bond motifs is 1. The van der Waals surface area contributed by atoms with Crippen molar-refractivity contribution in [1.82, 2.24) is 4.57 Å². The van der Waals surface area contributed by atoms with Crippen LogP contribution in [0.5, 0.6) is 0 Å². The van der Waals surface area contributed by atoms with Crippen LogP contribution < -0.4 is 5.73 Å². The number of hydrogen-bond donors (Lipinski definition) is 1. The maximum absolute atomic E-state index is 5.94. The largest absolute Gasteiger partial charge is 0.382 e. The van der Waals surface area contributed by atoms with E-state index in [0.29, 0.717) is 19.8 Å². The lowest BCUT2D eigenvalue weighted by atomic mass is 10.0. The van der Waals surface area contributed by atoms with Crippen LogP contribution in [-0.2, 0) is 22.4 Å². The normalized spacial score (nSPS) is 12.9. The lowest BCUT2D eigenvalue weighted by Crippen LogP contribution is -2.18. The Labute approximate surface area is 120 Å². The van der Waals surface area contributed by atoms with E-state index in [2.05, 4.69) is 35.0 Å². The molecule has 0 aliphatic carbocycles. The van der Waals surface area contributed by atoms with Crippen LogP contribution in [0, 0.1) is 0 Å². The molecule has 0 aliphatic rings. The molecule has 110 valence electrons. The van der Waals surface area contributed by atoms with E-state index in [9.17, 15) is 0 Å². The molecule has 1 heterocycles. The molecule has 1 atom stereocenters. The van der Waals surface area contributed by atoms with Gasteiger partial charge in [-0.05, 0) is 30.4 Å². The molecule has 0 spiro atoms. The summed E-state index contributed by atoms with van der Waals surface area (Å²) in [4.78, 5) is 0.